The lowest BCUT2D eigenvalue weighted by Gasteiger charge is -2.42. The summed E-state index contributed by atoms with van der Waals surface area (Å²) < 4.78 is 9.24. The molecular formula is C22H21ClN2OS. The van der Waals surface area contributed by atoms with Gasteiger partial charge in [-0.1, -0.05) is 35.9 Å². The summed E-state index contributed by atoms with van der Waals surface area (Å²) in [5, 5.41) is 0.788. The Morgan fingerprint density at radius 1 is 1.11 bits per heavy atom. The van der Waals surface area contributed by atoms with Crippen molar-refractivity contribution in [2.45, 2.75) is 24.3 Å². The lowest BCUT2D eigenvalue weighted by molar-refractivity contribution is -0.0650. The largest absolute Gasteiger partial charge is 0.377 e. The van der Waals surface area contributed by atoms with Crippen LogP contribution < -0.4 is 4.72 Å². The molecular weight excluding hydrogens is 376 g/mol. The zero-order valence-corrected chi connectivity index (χ0v) is 16.9. The summed E-state index contributed by atoms with van der Waals surface area (Å²) in [6.07, 6.45) is 3.74. The molecule has 2 aromatic carbocycles. The van der Waals surface area contributed by atoms with Gasteiger partial charge in [-0.15, -0.1) is 0 Å². The quantitative estimate of drug-likeness (QED) is 0.574. The first-order chi connectivity index (χ1) is 13.1. The molecule has 5 heteroatoms. The molecule has 1 aromatic heterocycles. The lowest BCUT2D eigenvalue weighted by atomic mass is 9.87. The highest BCUT2D eigenvalue weighted by molar-refractivity contribution is 7.97. The second kappa shape index (κ2) is 7.64. The molecule has 0 spiro atoms. The molecule has 4 rings (SSSR count). The topological polar surface area (TPSA) is 34.2 Å². The molecule has 3 nitrogen and oxygen atoms in total. The van der Waals surface area contributed by atoms with Crippen molar-refractivity contribution >= 4 is 23.5 Å². The molecule has 1 N–H and O–H groups in total. The Bertz CT molecular complexity index is 972. The van der Waals surface area contributed by atoms with Gasteiger partial charge in [0.2, 0.25) is 0 Å². The van der Waals surface area contributed by atoms with Gasteiger partial charge < -0.3 is 4.74 Å². The van der Waals surface area contributed by atoms with Gasteiger partial charge in [0.15, 0.2) is 0 Å². The van der Waals surface area contributed by atoms with Gasteiger partial charge in [-0.25, -0.2) is 4.72 Å². The molecule has 0 bridgehead atoms. The van der Waals surface area contributed by atoms with Crippen LogP contribution in [-0.4, -0.2) is 18.2 Å². The van der Waals surface area contributed by atoms with Crippen molar-refractivity contribution in [3.63, 3.8) is 0 Å². The zero-order valence-electron chi connectivity index (χ0n) is 15.3. The number of halogens is 1. The van der Waals surface area contributed by atoms with E-state index in [2.05, 4.69) is 53.0 Å². The fraction of sp³-hybridized carbons (Fsp3) is 0.227. The highest BCUT2D eigenvalue weighted by Gasteiger charge is 2.40. The van der Waals surface area contributed by atoms with E-state index in [0.717, 1.165) is 15.5 Å². The first-order valence-corrected chi connectivity index (χ1v) is 10.1. The third kappa shape index (κ3) is 3.63. The maximum absolute atomic E-state index is 6.26. The lowest BCUT2D eigenvalue weighted by Crippen LogP contribution is -2.55. The van der Waals surface area contributed by atoms with E-state index in [9.17, 15) is 0 Å². The predicted octanol–water partition coefficient (Wildman–Crippen LogP) is 5.54. The van der Waals surface area contributed by atoms with E-state index in [0.29, 0.717) is 13.2 Å². The summed E-state index contributed by atoms with van der Waals surface area (Å²) in [6.45, 7) is 5.44. The molecule has 1 aliphatic rings. The van der Waals surface area contributed by atoms with Gasteiger partial charge in [-0.05, 0) is 77.9 Å². The third-order valence-electron chi connectivity index (χ3n) is 5.02. The molecule has 138 valence electrons. The van der Waals surface area contributed by atoms with Gasteiger partial charge in [0.05, 0.1) is 18.8 Å². The molecule has 1 aliphatic heterocycles. The van der Waals surface area contributed by atoms with Crippen molar-refractivity contribution in [3.05, 3.63) is 82.6 Å². The van der Waals surface area contributed by atoms with Crippen LogP contribution in [0.25, 0.3) is 11.1 Å². The van der Waals surface area contributed by atoms with Gasteiger partial charge in [-0.2, -0.15) is 0 Å². The van der Waals surface area contributed by atoms with Crippen LogP contribution in [0, 0.1) is 13.8 Å². The average Bonchev–Trinajstić information content (AvgIpc) is 2.65. The van der Waals surface area contributed by atoms with Crippen LogP contribution in [0.4, 0.5) is 0 Å². The first kappa shape index (κ1) is 18.5. The molecule has 0 amide bonds. The maximum atomic E-state index is 6.26. The predicted molar refractivity (Wildman–Crippen MR) is 112 cm³/mol. The van der Waals surface area contributed by atoms with E-state index in [1.54, 1.807) is 11.9 Å². The fourth-order valence-corrected chi connectivity index (χ4v) is 4.40. The second-order valence-corrected chi connectivity index (χ2v) is 8.17. The average molecular weight is 397 g/mol. The molecule has 27 heavy (non-hydrogen) atoms. The second-order valence-electron chi connectivity index (χ2n) is 6.91. The Morgan fingerprint density at radius 2 is 1.93 bits per heavy atom. The number of benzene rings is 2. The Balaban J connectivity index is 1.62. The first-order valence-electron chi connectivity index (χ1n) is 8.87. The minimum atomic E-state index is -0.198. The van der Waals surface area contributed by atoms with Gasteiger partial charge in [0, 0.05) is 22.3 Å². The zero-order chi connectivity index (χ0) is 18.9. The van der Waals surface area contributed by atoms with Crippen LogP contribution in [-0.2, 0) is 10.3 Å². The summed E-state index contributed by atoms with van der Waals surface area (Å²) in [4.78, 5) is 5.33. The fourth-order valence-electron chi connectivity index (χ4n) is 3.22. The van der Waals surface area contributed by atoms with Crippen LogP contribution in [0.2, 0.25) is 5.02 Å². The SMILES string of the molecule is Cc1cnccc1-c1cccc(C2(NSc3cccc(Cl)c3C)COC2)c1. The van der Waals surface area contributed by atoms with E-state index in [1.165, 1.54) is 22.3 Å². The Labute approximate surface area is 169 Å². The molecule has 0 unspecified atom stereocenters. The number of hydrogen-bond acceptors (Lipinski definition) is 4. The van der Waals surface area contributed by atoms with Crippen molar-refractivity contribution in [1.82, 2.24) is 9.71 Å². The monoisotopic (exact) mass is 396 g/mol. The van der Waals surface area contributed by atoms with E-state index < -0.39 is 0 Å². The molecule has 3 aromatic rings. The number of hydrogen-bond donors (Lipinski definition) is 1. The molecule has 0 aliphatic carbocycles. The Kier molecular flexibility index (Phi) is 5.24. The minimum Gasteiger partial charge on any atom is -0.377 e. The van der Waals surface area contributed by atoms with Gasteiger partial charge in [0.1, 0.15) is 0 Å². The van der Waals surface area contributed by atoms with Crippen LogP contribution in [0.3, 0.4) is 0 Å². The van der Waals surface area contributed by atoms with Gasteiger partial charge >= 0.3 is 0 Å². The molecule has 2 heterocycles. The number of aromatic nitrogens is 1. The summed E-state index contributed by atoms with van der Waals surface area (Å²) in [6, 6.07) is 16.7. The number of rotatable bonds is 5. The number of aryl methyl sites for hydroxylation is 1. The van der Waals surface area contributed by atoms with E-state index in [4.69, 9.17) is 16.3 Å². The number of nitrogens with zero attached hydrogens (tertiary/aromatic N) is 1. The minimum absolute atomic E-state index is 0.198. The summed E-state index contributed by atoms with van der Waals surface area (Å²) in [7, 11) is 0. The molecule has 1 saturated heterocycles. The Morgan fingerprint density at radius 3 is 2.67 bits per heavy atom. The van der Waals surface area contributed by atoms with E-state index in [1.807, 2.05) is 31.5 Å². The smallest absolute Gasteiger partial charge is 0.1000 e. The van der Waals surface area contributed by atoms with E-state index >= 15 is 0 Å². The molecule has 0 atom stereocenters. The molecule has 0 saturated carbocycles. The summed E-state index contributed by atoms with van der Waals surface area (Å²) >= 11 is 7.88. The number of pyridine rings is 1. The van der Waals surface area contributed by atoms with Crippen molar-refractivity contribution in [2.24, 2.45) is 0 Å². The molecule has 0 radical (unpaired) electrons. The van der Waals surface area contributed by atoms with Gasteiger partial charge in [-0.3, -0.25) is 4.98 Å². The van der Waals surface area contributed by atoms with Crippen molar-refractivity contribution in [1.29, 1.82) is 0 Å². The van der Waals surface area contributed by atoms with Crippen LogP contribution in [0.15, 0.2) is 65.8 Å². The van der Waals surface area contributed by atoms with Crippen LogP contribution >= 0.6 is 23.5 Å². The van der Waals surface area contributed by atoms with Crippen molar-refractivity contribution in [2.75, 3.05) is 13.2 Å². The maximum Gasteiger partial charge on any atom is 0.1000 e. The summed E-state index contributed by atoms with van der Waals surface area (Å²) in [5.74, 6) is 0. The third-order valence-corrected chi connectivity index (χ3v) is 6.58. The van der Waals surface area contributed by atoms with Gasteiger partial charge in [0.25, 0.3) is 0 Å². The van der Waals surface area contributed by atoms with Crippen molar-refractivity contribution < 1.29 is 4.74 Å². The highest BCUT2D eigenvalue weighted by Crippen LogP contribution is 2.37. The highest BCUT2D eigenvalue weighted by atomic mass is 35.5. The molecule has 1 fully saturated rings. The number of ether oxygens (including phenoxy) is 1. The van der Waals surface area contributed by atoms with Crippen molar-refractivity contribution in [3.8, 4) is 11.1 Å². The van der Waals surface area contributed by atoms with E-state index in [-0.39, 0.29) is 5.54 Å². The Hall–Kier alpha value is -1.85. The van der Waals surface area contributed by atoms with Crippen LogP contribution in [0.5, 0.6) is 0 Å². The number of nitrogens with one attached hydrogen (secondary N) is 1. The normalized spacial score (nSPS) is 15.4. The summed E-state index contributed by atoms with van der Waals surface area (Å²) in [5.41, 5.74) is 5.70. The van der Waals surface area contributed by atoms with Crippen LogP contribution in [0.1, 0.15) is 16.7 Å². The standard InChI is InChI=1S/C22H21ClN2OS/c1-15-12-24-10-9-19(15)17-5-3-6-18(11-17)22(13-26-14-22)25-27-21-8-4-7-20(23)16(21)2/h3-12,25H,13-14H2,1-2H3.